The van der Waals surface area contributed by atoms with Crippen LogP contribution in [0.4, 0.5) is 14.6 Å². The van der Waals surface area contributed by atoms with Crippen LogP contribution in [0.15, 0.2) is 59.5 Å². The fourth-order valence-electron chi connectivity index (χ4n) is 2.71. The lowest BCUT2D eigenvalue weighted by atomic mass is 10.1. The number of oxazole rings is 1. The molecule has 5 nitrogen and oxygen atoms in total. The summed E-state index contributed by atoms with van der Waals surface area (Å²) in [6.45, 7) is 1.97. The maximum absolute atomic E-state index is 13.7. The van der Waals surface area contributed by atoms with Crippen molar-refractivity contribution in [1.82, 2.24) is 9.97 Å². The highest BCUT2D eigenvalue weighted by Gasteiger charge is 2.18. The molecule has 0 atom stereocenters. The molecule has 0 spiro atoms. The Morgan fingerprint density at radius 1 is 1.14 bits per heavy atom. The number of thiophene rings is 1. The molecule has 0 aliphatic heterocycles. The number of hydrogen-bond donors (Lipinski definition) is 1. The lowest BCUT2D eigenvalue weighted by Gasteiger charge is -2.07. The number of pyridine rings is 1. The first-order valence-corrected chi connectivity index (χ1v) is 9.06. The minimum absolute atomic E-state index is 0.193. The van der Waals surface area contributed by atoms with E-state index in [1.807, 2.05) is 13.0 Å². The largest absolute Gasteiger partial charge is 0.444 e. The number of anilines is 1. The second kappa shape index (κ2) is 7.32. The third kappa shape index (κ3) is 3.41. The Kier molecular flexibility index (Phi) is 4.70. The number of benzene rings is 1. The zero-order valence-corrected chi connectivity index (χ0v) is 15.4. The molecule has 0 aliphatic rings. The van der Waals surface area contributed by atoms with Crippen LogP contribution in [0.1, 0.15) is 15.9 Å². The highest BCUT2D eigenvalue weighted by molar-refractivity contribution is 7.19. The fraction of sp³-hybridized carbons (Fsp3) is 0.0500. The van der Waals surface area contributed by atoms with Crippen molar-refractivity contribution in [1.29, 1.82) is 0 Å². The topological polar surface area (TPSA) is 68.0 Å². The highest BCUT2D eigenvalue weighted by Crippen LogP contribution is 2.37. The minimum Gasteiger partial charge on any atom is -0.444 e. The number of halogens is 2. The molecule has 140 valence electrons. The molecule has 0 unspecified atom stereocenters. The van der Waals surface area contributed by atoms with Crippen LogP contribution in [-0.2, 0) is 0 Å². The van der Waals surface area contributed by atoms with Crippen LogP contribution in [0, 0.1) is 18.6 Å². The molecule has 1 N–H and O–H groups in total. The number of amides is 1. The first-order valence-electron chi connectivity index (χ1n) is 8.25. The van der Waals surface area contributed by atoms with Crippen molar-refractivity contribution < 1.29 is 18.0 Å². The van der Waals surface area contributed by atoms with E-state index in [4.69, 9.17) is 4.42 Å². The van der Waals surface area contributed by atoms with Crippen molar-refractivity contribution in [3.05, 3.63) is 77.8 Å². The van der Waals surface area contributed by atoms with Crippen LogP contribution in [0.5, 0.6) is 0 Å². The van der Waals surface area contributed by atoms with Gasteiger partial charge in [-0.05, 0) is 42.8 Å². The SMILES string of the molecule is Cc1cc(-c2ncco2)sc1-c1ccc(NC(=O)c2c(F)cccc2F)nc1. The molecular weight excluding hydrogens is 384 g/mol. The summed E-state index contributed by atoms with van der Waals surface area (Å²) < 4.78 is 32.8. The summed E-state index contributed by atoms with van der Waals surface area (Å²) in [5, 5.41) is 2.41. The van der Waals surface area contributed by atoms with E-state index in [1.165, 1.54) is 23.7 Å². The molecule has 0 bridgehead atoms. The lowest BCUT2D eigenvalue weighted by molar-refractivity contribution is 0.101. The Hall–Kier alpha value is -3.39. The van der Waals surface area contributed by atoms with Crippen LogP contribution in [-0.4, -0.2) is 15.9 Å². The number of carbonyl (C=O) groups excluding carboxylic acids is 1. The van der Waals surface area contributed by atoms with Gasteiger partial charge >= 0.3 is 0 Å². The van der Waals surface area contributed by atoms with Crippen molar-refractivity contribution in [3.63, 3.8) is 0 Å². The number of carbonyl (C=O) groups is 1. The van der Waals surface area contributed by atoms with Gasteiger partial charge in [0, 0.05) is 16.6 Å². The van der Waals surface area contributed by atoms with Crippen molar-refractivity contribution in [3.8, 4) is 21.2 Å². The van der Waals surface area contributed by atoms with Crippen LogP contribution in [0.25, 0.3) is 21.2 Å². The number of aromatic nitrogens is 2. The highest BCUT2D eigenvalue weighted by atomic mass is 32.1. The lowest BCUT2D eigenvalue weighted by Crippen LogP contribution is -2.16. The van der Waals surface area contributed by atoms with Gasteiger partial charge in [0.25, 0.3) is 5.91 Å². The molecule has 0 saturated carbocycles. The molecule has 4 aromatic rings. The maximum atomic E-state index is 13.7. The van der Waals surface area contributed by atoms with Crippen molar-refractivity contribution in [2.75, 3.05) is 5.32 Å². The molecule has 1 amide bonds. The monoisotopic (exact) mass is 397 g/mol. The number of aryl methyl sites for hydroxylation is 1. The minimum atomic E-state index is -0.928. The predicted octanol–water partition coefficient (Wildman–Crippen LogP) is 5.30. The molecule has 1 aromatic carbocycles. The Labute approximate surface area is 162 Å². The average molecular weight is 397 g/mol. The van der Waals surface area contributed by atoms with Gasteiger partial charge in [-0.3, -0.25) is 4.79 Å². The quantitative estimate of drug-likeness (QED) is 0.507. The second-order valence-corrected chi connectivity index (χ2v) is 7.00. The van der Waals surface area contributed by atoms with E-state index < -0.39 is 23.1 Å². The molecule has 3 heterocycles. The van der Waals surface area contributed by atoms with Gasteiger partial charge in [0.2, 0.25) is 5.89 Å². The smallest absolute Gasteiger partial charge is 0.262 e. The summed E-state index contributed by atoms with van der Waals surface area (Å²) in [5.74, 6) is -2.01. The number of hydrogen-bond acceptors (Lipinski definition) is 5. The molecule has 28 heavy (non-hydrogen) atoms. The second-order valence-electron chi connectivity index (χ2n) is 5.94. The summed E-state index contributed by atoms with van der Waals surface area (Å²) in [4.78, 5) is 22.4. The van der Waals surface area contributed by atoms with E-state index >= 15 is 0 Å². The van der Waals surface area contributed by atoms with Gasteiger partial charge in [-0.15, -0.1) is 11.3 Å². The maximum Gasteiger partial charge on any atom is 0.262 e. The molecule has 0 saturated heterocycles. The van der Waals surface area contributed by atoms with Crippen LogP contribution in [0.3, 0.4) is 0 Å². The van der Waals surface area contributed by atoms with Gasteiger partial charge in [0.05, 0.1) is 11.1 Å². The number of rotatable bonds is 4. The molecule has 3 aromatic heterocycles. The van der Waals surface area contributed by atoms with E-state index in [1.54, 1.807) is 24.5 Å². The van der Waals surface area contributed by atoms with Crippen LogP contribution >= 0.6 is 11.3 Å². The molecule has 0 fully saturated rings. The zero-order chi connectivity index (χ0) is 19.7. The Morgan fingerprint density at radius 2 is 1.93 bits per heavy atom. The van der Waals surface area contributed by atoms with Gasteiger partial charge in [0.1, 0.15) is 29.3 Å². The van der Waals surface area contributed by atoms with E-state index in [-0.39, 0.29) is 5.82 Å². The summed E-state index contributed by atoms with van der Waals surface area (Å²) in [7, 11) is 0. The summed E-state index contributed by atoms with van der Waals surface area (Å²) in [6, 6.07) is 8.58. The van der Waals surface area contributed by atoms with E-state index in [9.17, 15) is 13.6 Å². The summed E-state index contributed by atoms with van der Waals surface area (Å²) in [5.41, 5.74) is 1.23. The molecule has 8 heteroatoms. The fourth-order valence-corrected chi connectivity index (χ4v) is 3.82. The molecular formula is C20H13F2N3O2S. The third-order valence-electron chi connectivity index (χ3n) is 4.02. The molecule has 4 rings (SSSR count). The average Bonchev–Trinajstić information content (AvgIpc) is 3.32. The van der Waals surface area contributed by atoms with Gasteiger partial charge in [-0.1, -0.05) is 6.07 Å². The van der Waals surface area contributed by atoms with Crippen molar-refractivity contribution in [2.24, 2.45) is 0 Å². The number of nitrogens with zero attached hydrogens (tertiary/aromatic N) is 2. The summed E-state index contributed by atoms with van der Waals surface area (Å²) in [6.07, 6.45) is 4.69. The predicted molar refractivity (Wildman–Crippen MR) is 102 cm³/mol. The van der Waals surface area contributed by atoms with E-state index in [0.717, 1.165) is 33.0 Å². The molecule has 0 radical (unpaired) electrons. The van der Waals surface area contributed by atoms with Gasteiger partial charge in [-0.2, -0.15) is 0 Å². The Morgan fingerprint density at radius 3 is 2.57 bits per heavy atom. The van der Waals surface area contributed by atoms with Crippen molar-refractivity contribution in [2.45, 2.75) is 6.92 Å². The summed E-state index contributed by atoms with van der Waals surface area (Å²) >= 11 is 1.51. The Bertz CT molecular complexity index is 1120. The first kappa shape index (κ1) is 18.0. The van der Waals surface area contributed by atoms with Gasteiger partial charge in [0.15, 0.2) is 0 Å². The Balaban J connectivity index is 1.56. The van der Waals surface area contributed by atoms with Crippen LogP contribution in [0.2, 0.25) is 0 Å². The molecule has 0 aliphatic carbocycles. The van der Waals surface area contributed by atoms with Crippen molar-refractivity contribution >= 4 is 23.1 Å². The normalized spacial score (nSPS) is 10.8. The van der Waals surface area contributed by atoms with Gasteiger partial charge < -0.3 is 9.73 Å². The van der Waals surface area contributed by atoms with E-state index in [2.05, 4.69) is 15.3 Å². The number of nitrogens with one attached hydrogen (secondary N) is 1. The zero-order valence-electron chi connectivity index (χ0n) is 14.6. The standard InChI is InChI=1S/C20H13F2N3O2S/c1-11-9-15(20-23-7-8-27-20)28-18(11)12-5-6-16(24-10-12)25-19(26)17-13(21)3-2-4-14(17)22/h2-10H,1H3,(H,24,25,26). The van der Waals surface area contributed by atoms with Crippen LogP contribution < -0.4 is 5.32 Å². The first-order chi connectivity index (χ1) is 13.5. The van der Waals surface area contributed by atoms with Gasteiger partial charge in [-0.25, -0.2) is 18.7 Å². The third-order valence-corrected chi connectivity index (χ3v) is 5.29. The van der Waals surface area contributed by atoms with E-state index in [0.29, 0.717) is 5.89 Å².